The van der Waals surface area contributed by atoms with Crippen LogP contribution in [0.25, 0.3) is 0 Å². The third kappa shape index (κ3) is 2.59. The number of carbonyl (C=O) groups is 1. The van der Waals surface area contributed by atoms with Crippen LogP contribution in [-0.4, -0.2) is 43.0 Å². The maximum Gasteiger partial charge on any atom is 0.222 e. The van der Waals surface area contributed by atoms with Gasteiger partial charge in [0.25, 0.3) is 0 Å². The van der Waals surface area contributed by atoms with E-state index < -0.39 is 0 Å². The normalized spacial score (nSPS) is 18.8. The Kier molecular flexibility index (Phi) is 3.47. The molecule has 1 atom stereocenters. The summed E-state index contributed by atoms with van der Waals surface area (Å²) in [6, 6.07) is 7.41. The first-order chi connectivity index (χ1) is 8.60. The highest BCUT2D eigenvalue weighted by Crippen LogP contribution is 2.19. The number of aromatic nitrogens is 1. The first-order valence-electron chi connectivity index (χ1n) is 5.92. The average molecular weight is 244 g/mol. The van der Waals surface area contributed by atoms with Gasteiger partial charge < -0.3 is 9.80 Å². The van der Waals surface area contributed by atoms with Crippen LogP contribution in [0.2, 0.25) is 0 Å². The number of hydrogen-bond donors (Lipinski definition) is 0. The topological polar surface area (TPSA) is 60.2 Å². The number of carbonyl (C=O) groups excluding carboxylic acids is 1. The molecule has 5 nitrogen and oxygen atoms in total. The molecule has 0 bridgehead atoms. The van der Waals surface area contributed by atoms with Gasteiger partial charge in [-0.15, -0.1) is 0 Å². The molecule has 5 heteroatoms. The minimum atomic E-state index is 0.201. The van der Waals surface area contributed by atoms with E-state index in [4.69, 9.17) is 5.26 Å². The van der Waals surface area contributed by atoms with Crippen LogP contribution in [0.5, 0.6) is 0 Å². The Balaban J connectivity index is 2.02. The Hall–Kier alpha value is -2.09. The van der Waals surface area contributed by atoms with E-state index in [1.54, 1.807) is 11.0 Å². The Morgan fingerprint density at radius 2 is 2.39 bits per heavy atom. The van der Waals surface area contributed by atoms with E-state index in [9.17, 15) is 4.79 Å². The molecule has 0 saturated carbocycles. The summed E-state index contributed by atoms with van der Waals surface area (Å²) in [5, 5.41) is 8.82. The first kappa shape index (κ1) is 12.4. The van der Waals surface area contributed by atoms with E-state index in [2.05, 4.69) is 4.98 Å². The standard InChI is InChI=1S/C13H16N4O/c1-16(8-10-6-13(18)17(2)9-10)12-5-3-4-11(7-14)15-12/h3-5,10H,6,8-9H2,1-2H3/t10-/m1/s1. The van der Waals surface area contributed by atoms with Crippen molar-refractivity contribution in [2.24, 2.45) is 5.92 Å². The highest BCUT2D eigenvalue weighted by molar-refractivity contribution is 5.78. The van der Waals surface area contributed by atoms with Crippen molar-refractivity contribution in [1.29, 1.82) is 5.26 Å². The molecule has 0 spiro atoms. The van der Waals surface area contributed by atoms with Gasteiger partial charge in [-0.1, -0.05) is 6.07 Å². The van der Waals surface area contributed by atoms with E-state index in [-0.39, 0.29) is 5.91 Å². The number of pyridine rings is 1. The van der Waals surface area contributed by atoms with Gasteiger partial charge in [-0.2, -0.15) is 5.26 Å². The number of amides is 1. The summed E-state index contributed by atoms with van der Waals surface area (Å²) >= 11 is 0. The zero-order chi connectivity index (χ0) is 13.1. The molecule has 1 aromatic heterocycles. The second-order valence-electron chi connectivity index (χ2n) is 4.72. The zero-order valence-corrected chi connectivity index (χ0v) is 10.6. The van der Waals surface area contributed by atoms with Gasteiger partial charge in [0, 0.05) is 39.5 Å². The fourth-order valence-corrected chi connectivity index (χ4v) is 2.26. The van der Waals surface area contributed by atoms with E-state index in [0.717, 1.165) is 18.9 Å². The van der Waals surface area contributed by atoms with Crippen LogP contribution in [0.15, 0.2) is 18.2 Å². The molecule has 94 valence electrons. The van der Waals surface area contributed by atoms with Crippen LogP contribution < -0.4 is 4.90 Å². The van der Waals surface area contributed by atoms with Gasteiger partial charge >= 0.3 is 0 Å². The minimum Gasteiger partial charge on any atom is -0.359 e. The Bertz CT molecular complexity index is 494. The number of nitriles is 1. The molecule has 1 aromatic rings. The molecule has 1 amide bonds. The largest absolute Gasteiger partial charge is 0.359 e. The van der Waals surface area contributed by atoms with Crippen molar-refractivity contribution in [3.63, 3.8) is 0 Å². The van der Waals surface area contributed by atoms with Crippen molar-refractivity contribution in [1.82, 2.24) is 9.88 Å². The van der Waals surface area contributed by atoms with E-state index in [1.807, 2.05) is 37.2 Å². The lowest BCUT2D eigenvalue weighted by molar-refractivity contribution is -0.126. The summed E-state index contributed by atoms with van der Waals surface area (Å²) in [6.45, 7) is 1.57. The quantitative estimate of drug-likeness (QED) is 0.791. The monoisotopic (exact) mass is 244 g/mol. The van der Waals surface area contributed by atoms with E-state index in [1.165, 1.54) is 0 Å². The predicted octanol–water partition coefficient (Wildman–Crippen LogP) is 0.868. The van der Waals surface area contributed by atoms with Crippen molar-refractivity contribution in [2.75, 3.05) is 32.1 Å². The molecule has 1 aliphatic rings. The van der Waals surface area contributed by atoms with Crippen LogP contribution in [0.1, 0.15) is 12.1 Å². The lowest BCUT2D eigenvalue weighted by Gasteiger charge is -2.21. The molecule has 1 aliphatic heterocycles. The average Bonchev–Trinajstić information content (AvgIpc) is 2.68. The zero-order valence-electron chi connectivity index (χ0n) is 10.6. The van der Waals surface area contributed by atoms with Crippen LogP contribution in [0.3, 0.4) is 0 Å². The van der Waals surface area contributed by atoms with Crippen molar-refractivity contribution < 1.29 is 4.79 Å². The highest BCUT2D eigenvalue weighted by atomic mass is 16.2. The molecule has 0 aromatic carbocycles. The minimum absolute atomic E-state index is 0.201. The molecule has 1 fully saturated rings. The maximum atomic E-state index is 11.5. The van der Waals surface area contributed by atoms with Crippen molar-refractivity contribution >= 4 is 11.7 Å². The third-order valence-corrected chi connectivity index (χ3v) is 3.19. The molecule has 0 unspecified atom stereocenters. The summed E-state index contributed by atoms with van der Waals surface area (Å²) < 4.78 is 0. The summed E-state index contributed by atoms with van der Waals surface area (Å²) in [5.41, 5.74) is 0.416. The van der Waals surface area contributed by atoms with Gasteiger partial charge in [0.05, 0.1) is 0 Å². The fraction of sp³-hybridized carbons (Fsp3) is 0.462. The summed E-state index contributed by atoms with van der Waals surface area (Å²) in [5.74, 6) is 1.31. The second kappa shape index (κ2) is 5.05. The van der Waals surface area contributed by atoms with Crippen molar-refractivity contribution in [2.45, 2.75) is 6.42 Å². The third-order valence-electron chi connectivity index (χ3n) is 3.19. The maximum absolute atomic E-state index is 11.5. The number of likely N-dealkylation sites (tertiary alicyclic amines) is 1. The fourth-order valence-electron chi connectivity index (χ4n) is 2.26. The van der Waals surface area contributed by atoms with Crippen LogP contribution in [0.4, 0.5) is 5.82 Å². The summed E-state index contributed by atoms with van der Waals surface area (Å²) in [7, 11) is 3.77. The smallest absolute Gasteiger partial charge is 0.222 e. The molecule has 0 aliphatic carbocycles. The summed E-state index contributed by atoms with van der Waals surface area (Å²) in [6.07, 6.45) is 0.596. The molecule has 0 N–H and O–H groups in total. The van der Waals surface area contributed by atoms with Crippen molar-refractivity contribution in [3.8, 4) is 6.07 Å². The van der Waals surface area contributed by atoms with Crippen LogP contribution in [0, 0.1) is 17.2 Å². The Labute approximate surface area is 107 Å². The van der Waals surface area contributed by atoms with E-state index in [0.29, 0.717) is 18.0 Å². The Morgan fingerprint density at radius 3 is 3.00 bits per heavy atom. The Morgan fingerprint density at radius 1 is 1.61 bits per heavy atom. The van der Waals surface area contributed by atoms with Gasteiger partial charge in [-0.25, -0.2) is 4.98 Å². The van der Waals surface area contributed by atoms with Crippen LogP contribution in [-0.2, 0) is 4.79 Å². The van der Waals surface area contributed by atoms with Gasteiger partial charge in [-0.3, -0.25) is 4.79 Å². The van der Waals surface area contributed by atoms with E-state index >= 15 is 0 Å². The lowest BCUT2D eigenvalue weighted by Crippen LogP contribution is -2.28. The molecule has 0 radical (unpaired) electrons. The number of nitrogens with zero attached hydrogens (tertiary/aromatic N) is 4. The second-order valence-corrected chi connectivity index (χ2v) is 4.72. The number of rotatable bonds is 3. The predicted molar refractivity (Wildman–Crippen MR) is 68.0 cm³/mol. The molecular formula is C13H16N4O. The van der Waals surface area contributed by atoms with Gasteiger partial charge in [0.15, 0.2) is 0 Å². The highest BCUT2D eigenvalue weighted by Gasteiger charge is 2.27. The summed E-state index contributed by atoms with van der Waals surface area (Å²) in [4.78, 5) is 19.4. The lowest BCUT2D eigenvalue weighted by atomic mass is 10.1. The SMILES string of the molecule is CN1C[C@@H](CN(C)c2cccc(C#N)n2)CC1=O. The van der Waals surface area contributed by atoms with Crippen LogP contribution >= 0.6 is 0 Å². The molecule has 18 heavy (non-hydrogen) atoms. The van der Waals surface area contributed by atoms with Crippen molar-refractivity contribution in [3.05, 3.63) is 23.9 Å². The number of anilines is 1. The molecule has 2 heterocycles. The van der Waals surface area contributed by atoms with Gasteiger partial charge in [0.2, 0.25) is 5.91 Å². The first-order valence-corrected chi connectivity index (χ1v) is 5.92. The number of hydrogen-bond acceptors (Lipinski definition) is 4. The molecule has 2 rings (SSSR count). The van der Waals surface area contributed by atoms with Gasteiger partial charge in [0.1, 0.15) is 17.6 Å². The van der Waals surface area contributed by atoms with Gasteiger partial charge in [-0.05, 0) is 12.1 Å². The molecule has 1 saturated heterocycles. The molecular weight excluding hydrogens is 228 g/mol.